The number of fused-ring (bicyclic) bond motifs is 1. The van der Waals surface area contributed by atoms with Crippen LogP contribution in [0.3, 0.4) is 0 Å². The molecule has 3 amide bonds. The fourth-order valence-corrected chi connectivity index (χ4v) is 7.67. The molecule has 0 bridgehead atoms. The summed E-state index contributed by atoms with van der Waals surface area (Å²) >= 11 is 0. The first kappa shape index (κ1) is 30.2. The number of rotatable bonds is 7. The molecule has 0 spiro atoms. The molecule has 15 heteroatoms. The van der Waals surface area contributed by atoms with E-state index in [1.165, 1.54) is 18.2 Å². The van der Waals surface area contributed by atoms with E-state index in [-0.39, 0.29) is 60.2 Å². The molecule has 44 heavy (non-hydrogen) atoms. The van der Waals surface area contributed by atoms with Crippen molar-refractivity contribution in [1.29, 1.82) is 0 Å². The molecule has 2 aromatic carbocycles. The van der Waals surface area contributed by atoms with Crippen molar-refractivity contribution in [1.82, 2.24) is 25.7 Å². The molecule has 1 saturated carbocycles. The number of hydrogen-bond donors (Lipinski definition) is 4. The third kappa shape index (κ3) is 6.79. The van der Waals surface area contributed by atoms with Gasteiger partial charge < -0.3 is 24.8 Å². The topological polar surface area (TPSA) is 150 Å². The first-order chi connectivity index (χ1) is 20.8. The van der Waals surface area contributed by atoms with Gasteiger partial charge >= 0.3 is 12.4 Å². The molecule has 3 aliphatic rings. The zero-order chi connectivity index (χ0) is 31.2. The number of nitrogens with zero attached hydrogens (tertiary/aromatic N) is 3. The molecule has 1 unspecified atom stereocenters. The number of halogens is 3. The smallest absolute Gasteiger partial charge is 0.406 e. The number of aromatic nitrogens is 2. The average molecular weight is 636 g/mol. The van der Waals surface area contributed by atoms with Crippen LogP contribution in [-0.2, 0) is 24.3 Å². The van der Waals surface area contributed by atoms with Gasteiger partial charge in [-0.2, -0.15) is 15.6 Å². The summed E-state index contributed by atoms with van der Waals surface area (Å²) in [5.74, 6) is 0.385. The van der Waals surface area contributed by atoms with Gasteiger partial charge in [-0.15, -0.1) is 13.2 Å². The number of aryl methyl sites for hydroxylation is 1. The van der Waals surface area contributed by atoms with Crippen LogP contribution in [0.4, 0.5) is 18.0 Å². The van der Waals surface area contributed by atoms with E-state index in [2.05, 4.69) is 25.5 Å². The maximum atomic E-state index is 13.2. The quantitative estimate of drug-likeness (QED) is 0.285. The molecule has 3 aromatic rings. The zero-order valence-electron chi connectivity index (χ0n) is 23.8. The van der Waals surface area contributed by atoms with Crippen molar-refractivity contribution in [2.75, 3.05) is 18.1 Å². The molecule has 11 nitrogen and oxygen atoms in total. The second kappa shape index (κ2) is 11.6. The molecular formula is C29H32F3N5O6S. The Hall–Kier alpha value is -3.82. The summed E-state index contributed by atoms with van der Waals surface area (Å²) in [6.45, 7) is 2.44. The van der Waals surface area contributed by atoms with E-state index in [4.69, 9.17) is 4.52 Å². The summed E-state index contributed by atoms with van der Waals surface area (Å²) in [6.07, 6.45) is -3.34. The highest BCUT2D eigenvalue weighted by Crippen LogP contribution is 2.47. The lowest BCUT2D eigenvalue weighted by Crippen LogP contribution is -2.47. The third-order valence-electron chi connectivity index (χ3n) is 8.20. The van der Waals surface area contributed by atoms with Crippen LogP contribution in [0.2, 0.25) is 0 Å². The van der Waals surface area contributed by atoms with Crippen LogP contribution in [0.1, 0.15) is 47.2 Å². The number of nitrogens with one attached hydrogen (secondary N) is 2. The van der Waals surface area contributed by atoms with Crippen LogP contribution >= 0.6 is 10.6 Å². The minimum Gasteiger partial charge on any atom is -0.406 e. The fraction of sp³-hybridized carbons (Fsp3) is 0.448. The summed E-state index contributed by atoms with van der Waals surface area (Å²) in [5.41, 5.74) is 3.68. The molecule has 1 aromatic heterocycles. The van der Waals surface area contributed by atoms with Crippen LogP contribution in [-0.4, -0.2) is 66.5 Å². The summed E-state index contributed by atoms with van der Waals surface area (Å²) < 4.78 is 68.0. The van der Waals surface area contributed by atoms with Crippen molar-refractivity contribution >= 4 is 22.5 Å². The number of ether oxygens (including phenoxy) is 1. The molecule has 1 saturated heterocycles. The Labute approximate surface area is 252 Å². The zero-order valence-corrected chi connectivity index (χ0v) is 24.6. The van der Waals surface area contributed by atoms with Gasteiger partial charge in [-0.1, -0.05) is 29.4 Å². The van der Waals surface area contributed by atoms with E-state index >= 15 is 0 Å². The van der Waals surface area contributed by atoms with E-state index in [0.717, 1.165) is 16.7 Å². The number of amides is 3. The largest absolute Gasteiger partial charge is 0.573 e. The number of hydrogen-bond acceptors (Lipinski definition) is 8. The maximum absolute atomic E-state index is 13.2. The highest BCUT2D eigenvalue weighted by Gasteiger charge is 2.47. The molecule has 3 atom stereocenters. The van der Waals surface area contributed by atoms with E-state index in [0.29, 0.717) is 48.6 Å². The summed E-state index contributed by atoms with van der Waals surface area (Å²) in [5, 5.41) is 9.67. The number of carbonyl (C=O) groups excluding carboxylic acids is 2. The van der Waals surface area contributed by atoms with E-state index in [9.17, 15) is 31.9 Å². The number of carbonyl (C=O) groups is 2. The number of benzene rings is 2. The summed E-state index contributed by atoms with van der Waals surface area (Å²) in [4.78, 5) is 32.0. The monoisotopic (exact) mass is 635 g/mol. The van der Waals surface area contributed by atoms with Crippen LogP contribution in [0.15, 0.2) is 40.9 Å². The van der Waals surface area contributed by atoms with Gasteiger partial charge in [-0.25, -0.2) is 4.79 Å². The summed E-state index contributed by atoms with van der Waals surface area (Å²) in [6, 6.07) is 8.69. The van der Waals surface area contributed by atoms with Crippen molar-refractivity contribution in [3.05, 3.63) is 64.8 Å². The van der Waals surface area contributed by atoms with E-state index in [1.807, 2.05) is 12.1 Å². The Morgan fingerprint density at radius 1 is 1.20 bits per heavy atom. The Bertz CT molecular complexity index is 1580. The van der Waals surface area contributed by atoms with Crippen LogP contribution in [0.5, 0.6) is 5.75 Å². The van der Waals surface area contributed by atoms with Crippen molar-refractivity contribution in [3.63, 3.8) is 0 Å². The van der Waals surface area contributed by atoms with Crippen molar-refractivity contribution in [2.24, 2.45) is 5.92 Å². The van der Waals surface area contributed by atoms with Gasteiger partial charge in [0.15, 0.2) is 5.82 Å². The van der Waals surface area contributed by atoms with E-state index in [1.54, 1.807) is 17.9 Å². The van der Waals surface area contributed by atoms with Gasteiger partial charge in [0.05, 0.1) is 17.6 Å². The first-order valence-electron chi connectivity index (χ1n) is 14.2. The maximum Gasteiger partial charge on any atom is 0.573 e. The van der Waals surface area contributed by atoms with Gasteiger partial charge in [0.2, 0.25) is 11.8 Å². The number of urea groups is 1. The third-order valence-corrected chi connectivity index (χ3v) is 10.0. The molecular weight excluding hydrogens is 603 g/mol. The second-order valence-corrected chi connectivity index (χ2v) is 13.8. The molecule has 3 heterocycles. The fourth-order valence-electron chi connectivity index (χ4n) is 5.95. The van der Waals surface area contributed by atoms with Crippen molar-refractivity contribution < 1.29 is 41.1 Å². The lowest BCUT2D eigenvalue weighted by atomic mass is 9.87. The molecule has 4 N–H and O–H groups in total. The van der Waals surface area contributed by atoms with Crippen LogP contribution in [0, 0.1) is 12.8 Å². The van der Waals surface area contributed by atoms with Crippen molar-refractivity contribution in [2.45, 2.75) is 57.6 Å². The number of alkyl halides is 3. The predicted molar refractivity (Wildman–Crippen MR) is 154 cm³/mol. The van der Waals surface area contributed by atoms with E-state index < -0.39 is 17.0 Å². The van der Waals surface area contributed by atoms with Gasteiger partial charge in [0.25, 0.3) is 0 Å². The SMILES string of the molecule is Cc1noc([C@@H]2C[C@@H]2C(=O)NCc2ccc(-c3cccc(OC(F)(F)F)c3)c3c2CN(C(=O)NC2CCS(O)(O)C2)CC3)n1. The Morgan fingerprint density at radius 3 is 2.73 bits per heavy atom. The molecule has 236 valence electrons. The van der Waals surface area contributed by atoms with Crippen LogP contribution < -0.4 is 15.4 Å². The van der Waals surface area contributed by atoms with Crippen molar-refractivity contribution in [3.8, 4) is 16.9 Å². The minimum atomic E-state index is -4.83. The Morgan fingerprint density at radius 2 is 2.02 bits per heavy atom. The van der Waals surface area contributed by atoms with Crippen LogP contribution in [0.25, 0.3) is 11.1 Å². The standard InChI is InChI=1S/C29H32F3N5O6S/c1-16-34-27(43-36-16)24-12-23(24)26(38)33-13-18-5-6-21(17-3-2-4-20(11-17)42-29(30,31)32)22-7-9-37(14-25(18)22)28(39)35-19-8-10-44(40,41)15-19/h2-6,11,19,23-24,40-41H,7-10,12-15H2,1H3,(H,33,38)(H,35,39)/t19?,23-,24+/m0/s1. The molecule has 2 fully saturated rings. The second-order valence-electron chi connectivity index (χ2n) is 11.4. The van der Waals surface area contributed by atoms with Gasteiger partial charge in [-0.3, -0.25) is 13.9 Å². The van der Waals surface area contributed by atoms with Gasteiger partial charge in [-0.05, 0) is 66.1 Å². The molecule has 1 aliphatic carbocycles. The minimum absolute atomic E-state index is 0.117. The first-order valence-corrected chi connectivity index (χ1v) is 16.1. The molecule has 0 radical (unpaired) electrons. The lowest BCUT2D eigenvalue weighted by Gasteiger charge is -2.33. The highest BCUT2D eigenvalue weighted by molar-refractivity contribution is 8.24. The van der Waals surface area contributed by atoms with Gasteiger partial charge in [0.1, 0.15) is 5.75 Å². The Kier molecular flexibility index (Phi) is 7.96. The van der Waals surface area contributed by atoms with Gasteiger partial charge in [0, 0.05) is 31.4 Å². The lowest BCUT2D eigenvalue weighted by molar-refractivity contribution is -0.274. The normalized spacial score (nSPS) is 23.0. The summed E-state index contributed by atoms with van der Waals surface area (Å²) in [7, 11) is -2.68. The predicted octanol–water partition coefficient (Wildman–Crippen LogP) is 4.95. The molecule has 6 rings (SSSR count). The Balaban J connectivity index is 1.23. The highest BCUT2D eigenvalue weighted by atomic mass is 32.3. The average Bonchev–Trinajstić information content (AvgIpc) is 3.53. The molecule has 2 aliphatic heterocycles.